The maximum atomic E-state index is 12.8. The van der Waals surface area contributed by atoms with Crippen LogP contribution in [0.2, 0.25) is 0 Å². The SMILES string of the molecule is COc1ccc(/C=C(\C#N)C(=O)Nc2ccc(I)cc2)cc1OS(=O)(=O)c1ccccc1[N+](=O)[O-]. The molecule has 0 radical (unpaired) electrons. The Kier molecular flexibility index (Phi) is 8.05. The standard InChI is InChI=1S/C23H16IN3O7S/c1-33-20-11-6-15(12-16(14-25)23(28)26-18-9-7-17(24)8-10-18)13-21(20)34-35(31,32)22-5-3-2-4-19(22)27(29)30/h2-13H,1H3,(H,26,28)/b16-12+. The zero-order chi connectivity index (χ0) is 25.6. The largest absolute Gasteiger partial charge is 0.493 e. The summed E-state index contributed by atoms with van der Waals surface area (Å²) in [6.07, 6.45) is 1.24. The summed E-state index contributed by atoms with van der Waals surface area (Å²) in [7, 11) is -3.34. The Morgan fingerprint density at radius 1 is 1.11 bits per heavy atom. The molecule has 0 aromatic heterocycles. The van der Waals surface area contributed by atoms with Gasteiger partial charge in [0.1, 0.15) is 11.6 Å². The van der Waals surface area contributed by atoms with E-state index in [0.29, 0.717) is 5.69 Å². The lowest BCUT2D eigenvalue weighted by Crippen LogP contribution is -2.13. The zero-order valence-electron chi connectivity index (χ0n) is 18.0. The monoisotopic (exact) mass is 605 g/mol. The number of nitrogens with one attached hydrogen (secondary N) is 1. The number of nitrogens with zero attached hydrogens (tertiary/aromatic N) is 2. The van der Waals surface area contributed by atoms with E-state index in [4.69, 9.17) is 8.92 Å². The van der Waals surface area contributed by atoms with E-state index in [1.165, 1.54) is 43.5 Å². The Morgan fingerprint density at radius 2 is 1.80 bits per heavy atom. The number of methoxy groups -OCH3 is 1. The summed E-state index contributed by atoms with van der Waals surface area (Å²) in [6, 6.07) is 17.6. The summed E-state index contributed by atoms with van der Waals surface area (Å²) < 4.78 is 36.9. The van der Waals surface area contributed by atoms with Gasteiger partial charge in [-0.2, -0.15) is 13.7 Å². The third-order valence-corrected chi connectivity index (χ3v) is 6.50. The zero-order valence-corrected chi connectivity index (χ0v) is 20.9. The van der Waals surface area contributed by atoms with Gasteiger partial charge in [0.05, 0.1) is 12.0 Å². The van der Waals surface area contributed by atoms with Crippen LogP contribution in [0.4, 0.5) is 11.4 Å². The van der Waals surface area contributed by atoms with E-state index in [2.05, 4.69) is 27.9 Å². The number of hydrogen-bond acceptors (Lipinski definition) is 8. The molecular weight excluding hydrogens is 589 g/mol. The van der Waals surface area contributed by atoms with Gasteiger partial charge in [0.2, 0.25) is 0 Å². The number of nitro benzene ring substituents is 1. The van der Waals surface area contributed by atoms with Crippen LogP contribution in [-0.4, -0.2) is 26.4 Å². The summed E-state index contributed by atoms with van der Waals surface area (Å²) in [5.41, 5.74) is -0.151. The van der Waals surface area contributed by atoms with Crippen molar-refractivity contribution in [3.8, 4) is 17.6 Å². The number of carbonyl (C=O) groups excluding carboxylic acids is 1. The molecule has 0 spiro atoms. The number of benzene rings is 3. The minimum absolute atomic E-state index is 0.0196. The molecule has 0 atom stereocenters. The highest BCUT2D eigenvalue weighted by atomic mass is 127. The van der Waals surface area contributed by atoms with Crippen LogP contribution in [0.3, 0.4) is 0 Å². The fourth-order valence-electron chi connectivity index (χ4n) is 2.88. The van der Waals surface area contributed by atoms with Gasteiger partial charge in [-0.1, -0.05) is 18.2 Å². The van der Waals surface area contributed by atoms with Crippen LogP contribution in [0.1, 0.15) is 5.56 Å². The maximum absolute atomic E-state index is 12.8. The Morgan fingerprint density at radius 3 is 2.43 bits per heavy atom. The molecule has 35 heavy (non-hydrogen) atoms. The lowest BCUT2D eigenvalue weighted by molar-refractivity contribution is -0.387. The fourth-order valence-corrected chi connectivity index (χ4v) is 4.34. The minimum Gasteiger partial charge on any atom is -0.493 e. The lowest BCUT2D eigenvalue weighted by atomic mass is 10.1. The molecule has 3 aromatic rings. The van der Waals surface area contributed by atoms with Crippen molar-refractivity contribution in [3.63, 3.8) is 0 Å². The van der Waals surface area contributed by atoms with Gasteiger partial charge < -0.3 is 14.2 Å². The summed E-state index contributed by atoms with van der Waals surface area (Å²) in [6.45, 7) is 0. The molecular formula is C23H16IN3O7S. The van der Waals surface area contributed by atoms with Gasteiger partial charge in [0.25, 0.3) is 11.6 Å². The van der Waals surface area contributed by atoms with E-state index in [0.717, 1.165) is 15.7 Å². The number of rotatable bonds is 8. The second kappa shape index (κ2) is 11.0. The van der Waals surface area contributed by atoms with Crippen molar-refractivity contribution < 1.29 is 27.1 Å². The molecule has 0 aliphatic rings. The number of para-hydroxylation sites is 1. The molecule has 0 saturated heterocycles. The highest BCUT2D eigenvalue weighted by Crippen LogP contribution is 2.33. The summed E-state index contributed by atoms with van der Waals surface area (Å²) >= 11 is 2.12. The fraction of sp³-hybridized carbons (Fsp3) is 0.0435. The molecule has 1 amide bonds. The maximum Gasteiger partial charge on any atom is 0.346 e. The van der Waals surface area contributed by atoms with Crippen LogP contribution in [0.25, 0.3) is 6.08 Å². The number of carbonyl (C=O) groups is 1. The van der Waals surface area contributed by atoms with Gasteiger partial charge in [-0.05, 0) is 76.7 Å². The third kappa shape index (κ3) is 6.34. The number of anilines is 1. The van der Waals surface area contributed by atoms with Gasteiger partial charge in [0, 0.05) is 15.3 Å². The second-order valence-corrected chi connectivity index (χ2v) is 9.56. The number of halogens is 1. The number of ether oxygens (including phenoxy) is 1. The molecule has 10 nitrogen and oxygen atoms in total. The van der Waals surface area contributed by atoms with Gasteiger partial charge in [0.15, 0.2) is 16.4 Å². The predicted molar refractivity (Wildman–Crippen MR) is 135 cm³/mol. The first-order valence-electron chi connectivity index (χ1n) is 9.69. The first kappa shape index (κ1) is 25.7. The van der Waals surface area contributed by atoms with Crippen molar-refractivity contribution >= 4 is 56.1 Å². The molecule has 0 aliphatic heterocycles. The second-order valence-electron chi connectivity index (χ2n) is 6.80. The van der Waals surface area contributed by atoms with E-state index in [-0.39, 0.29) is 22.6 Å². The topological polar surface area (TPSA) is 149 Å². The Labute approximate surface area is 214 Å². The number of nitro groups is 1. The van der Waals surface area contributed by atoms with Crippen LogP contribution >= 0.6 is 22.6 Å². The molecule has 3 rings (SSSR count). The van der Waals surface area contributed by atoms with Crippen molar-refractivity contribution in [2.45, 2.75) is 4.90 Å². The van der Waals surface area contributed by atoms with Crippen LogP contribution < -0.4 is 14.2 Å². The number of amides is 1. The van der Waals surface area contributed by atoms with Crippen LogP contribution in [-0.2, 0) is 14.9 Å². The number of nitriles is 1. The lowest BCUT2D eigenvalue weighted by Gasteiger charge is -2.12. The highest BCUT2D eigenvalue weighted by molar-refractivity contribution is 14.1. The van der Waals surface area contributed by atoms with Crippen molar-refractivity contribution in [3.05, 3.63) is 91.6 Å². The van der Waals surface area contributed by atoms with Gasteiger partial charge in [-0.15, -0.1) is 0 Å². The minimum atomic E-state index is -4.62. The highest BCUT2D eigenvalue weighted by Gasteiger charge is 2.28. The molecule has 1 N–H and O–H groups in total. The van der Waals surface area contributed by atoms with Crippen LogP contribution in [0, 0.1) is 25.0 Å². The van der Waals surface area contributed by atoms with Crippen molar-refractivity contribution in [1.82, 2.24) is 0 Å². The molecule has 0 aliphatic carbocycles. The summed E-state index contributed by atoms with van der Waals surface area (Å²) in [5.74, 6) is -0.930. The smallest absolute Gasteiger partial charge is 0.346 e. The quantitative estimate of drug-likeness (QED) is 0.0984. The Bertz CT molecular complexity index is 1460. The summed E-state index contributed by atoms with van der Waals surface area (Å²) in [4.78, 5) is 22.3. The Hall–Kier alpha value is -3.96. The third-order valence-electron chi connectivity index (χ3n) is 4.50. The molecule has 0 heterocycles. The summed E-state index contributed by atoms with van der Waals surface area (Å²) in [5, 5.41) is 23.3. The van der Waals surface area contributed by atoms with Crippen molar-refractivity contribution in [2.24, 2.45) is 0 Å². The van der Waals surface area contributed by atoms with Crippen molar-refractivity contribution in [2.75, 3.05) is 12.4 Å². The first-order chi connectivity index (χ1) is 16.6. The molecule has 12 heteroatoms. The molecule has 0 saturated carbocycles. The van der Waals surface area contributed by atoms with E-state index < -0.39 is 31.5 Å². The molecule has 0 bridgehead atoms. The Balaban J connectivity index is 1.94. The van der Waals surface area contributed by atoms with Gasteiger partial charge in [-0.25, -0.2) is 0 Å². The predicted octanol–water partition coefficient (Wildman–Crippen LogP) is 4.52. The normalized spacial score (nSPS) is 11.3. The van der Waals surface area contributed by atoms with Crippen LogP contribution in [0.15, 0.2) is 77.2 Å². The van der Waals surface area contributed by atoms with Crippen molar-refractivity contribution in [1.29, 1.82) is 5.26 Å². The van der Waals surface area contributed by atoms with Crippen LogP contribution in [0.5, 0.6) is 11.5 Å². The molecule has 0 unspecified atom stereocenters. The van der Waals surface area contributed by atoms with E-state index >= 15 is 0 Å². The van der Waals surface area contributed by atoms with E-state index in [1.807, 2.05) is 0 Å². The first-order valence-corrected chi connectivity index (χ1v) is 12.2. The molecule has 3 aromatic carbocycles. The molecule has 0 fully saturated rings. The average molecular weight is 605 g/mol. The van der Waals surface area contributed by atoms with Gasteiger partial charge >= 0.3 is 10.1 Å². The number of hydrogen-bond donors (Lipinski definition) is 1. The van der Waals surface area contributed by atoms with Gasteiger partial charge in [-0.3, -0.25) is 14.9 Å². The van der Waals surface area contributed by atoms with E-state index in [1.54, 1.807) is 30.3 Å². The molecule has 178 valence electrons. The average Bonchev–Trinajstić information content (AvgIpc) is 2.83. The van der Waals surface area contributed by atoms with E-state index in [9.17, 15) is 28.6 Å².